The van der Waals surface area contributed by atoms with Crippen molar-refractivity contribution in [3.8, 4) is 0 Å². The van der Waals surface area contributed by atoms with E-state index in [1.54, 1.807) is 0 Å². The lowest BCUT2D eigenvalue weighted by Gasteiger charge is -2.38. The topological polar surface area (TPSA) is 18.5 Å². The van der Waals surface area contributed by atoms with Gasteiger partial charge in [-0.25, -0.2) is 0 Å². The molecule has 0 heterocycles. The normalized spacial score (nSPS) is 32.7. The zero-order valence-electron chi connectivity index (χ0n) is 12.8. The molecule has 0 radical (unpaired) electrons. The van der Waals surface area contributed by atoms with Crippen molar-refractivity contribution in [1.82, 2.24) is 0 Å². The van der Waals surface area contributed by atoms with E-state index in [0.717, 1.165) is 51.1 Å². The molecule has 1 aliphatic carbocycles. The second-order valence-corrected chi connectivity index (χ2v) is 6.10. The quantitative estimate of drug-likeness (QED) is 0.608. The van der Waals surface area contributed by atoms with Crippen LogP contribution in [0.1, 0.15) is 53.4 Å². The van der Waals surface area contributed by atoms with E-state index in [1.807, 2.05) is 0 Å². The van der Waals surface area contributed by atoms with E-state index in [9.17, 15) is 0 Å². The molecule has 1 fully saturated rings. The highest BCUT2D eigenvalue weighted by Crippen LogP contribution is 2.38. The van der Waals surface area contributed by atoms with Crippen LogP contribution in [-0.4, -0.2) is 26.4 Å². The van der Waals surface area contributed by atoms with Gasteiger partial charge in [0, 0.05) is 26.4 Å². The Balaban J connectivity index is 2.40. The van der Waals surface area contributed by atoms with E-state index in [2.05, 4.69) is 27.7 Å². The van der Waals surface area contributed by atoms with E-state index in [4.69, 9.17) is 9.47 Å². The van der Waals surface area contributed by atoms with Gasteiger partial charge in [0.25, 0.3) is 0 Å². The third-order valence-electron chi connectivity index (χ3n) is 4.35. The van der Waals surface area contributed by atoms with Gasteiger partial charge >= 0.3 is 0 Å². The second kappa shape index (κ2) is 8.92. The Morgan fingerprint density at radius 3 is 1.50 bits per heavy atom. The minimum Gasteiger partial charge on any atom is -0.381 e. The molecule has 1 saturated carbocycles. The van der Waals surface area contributed by atoms with Crippen LogP contribution in [0.2, 0.25) is 0 Å². The van der Waals surface area contributed by atoms with Gasteiger partial charge in [-0.15, -0.1) is 0 Å². The van der Waals surface area contributed by atoms with Crippen molar-refractivity contribution in [2.45, 2.75) is 53.4 Å². The van der Waals surface area contributed by atoms with Gasteiger partial charge in [0.15, 0.2) is 0 Å². The van der Waals surface area contributed by atoms with E-state index in [0.29, 0.717) is 11.8 Å². The lowest BCUT2D eigenvalue weighted by Crippen LogP contribution is -2.34. The number of hydrogen-bond donors (Lipinski definition) is 0. The van der Waals surface area contributed by atoms with Crippen molar-refractivity contribution in [2.75, 3.05) is 26.4 Å². The third-order valence-corrected chi connectivity index (χ3v) is 4.35. The minimum atomic E-state index is 0.708. The Labute approximate surface area is 113 Å². The van der Waals surface area contributed by atoms with Crippen LogP contribution in [-0.2, 0) is 9.47 Å². The SMILES string of the molecule is CCCOCC1CC(C)C(C)CC1COCCC. The van der Waals surface area contributed by atoms with Crippen LogP contribution in [0.25, 0.3) is 0 Å². The third kappa shape index (κ3) is 5.27. The second-order valence-electron chi connectivity index (χ2n) is 6.10. The van der Waals surface area contributed by atoms with Crippen molar-refractivity contribution in [3.63, 3.8) is 0 Å². The van der Waals surface area contributed by atoms with Crippen molar-refractivity contribution in [3.05, 3.63) is 0 Å². The van der Waals surface area contributed by atoms with E-state index in [1.165, 1.54) is 12.8 Å². The molecule has 1 rings (SSSR count). The number of ether oxygens (including phenoxy) is 2. The fourth-order valence-electron chi connectivity index (χ4n) is 2.97. The molecule has 0 aromatic rings. The maximum absolute atomic E-state index is 5.79. The first-order valence-electron chi connectivity index (χ1n) is 7.84. The molecule has 0 aliphatic heterocycles. The highest BCUT2D eigenvalue weighted by molar-refractivity contribution is 4.82. The van der Waals surface area contributed by atoms with Crippen molar-refractivity contribution in [1.29, 1.82) is 0 Å². The summed E-state index contributed by atoms with van der Waals surface area (Å²) in [5.41, 5.74) is 0. The fourth-order valence-corrected chi connectivity index (χ4v) is 2.97. The Bertz CT molecular complexity index is 183. The predicted molar refractivity (Wildman–Crippen MR) is 76.8 cm³/mol. The van der Waals surface area contributed by atoms with Gasteiger partial charge in [0.2, 0.25) is 0 Å². The summed E-state index contributed by atoms with van der Waals surface area (Å²) in [4.78, 5) is 0. The van der Waals surface area contributed by atoms with E-state index < -0.39 is 0 Å². The molecule has 0 saturated heterocycles. The standard InChI is InChI=1S/C16H32O2/c1-5-7-17-11-15-9-13(3)14(4)10-16(15)12-18-8-6-2/h13-16H,5-12H2,1-4H3. The monoisotopic (exact) mass is 256 g/mol. The van der Waals surface area contributed by atoms with E-state index in [-0.39, 0.29) is 0 Å². The molecule has 1 aliphatic rings. The van der Waals surface area contributed by atoms with Crippen molar-refractivity contribution >= 4 is 0 Å². The molecule has 4 atom stereocenters. The summed E-state index contributed by atoms with van der Waals surface area (Å²) in [7, 11) is 0. The summed E-state index contributed by atoms with van der Waals surface area (Å²) in [6, 6.07) is 0. The summed E-state index contributed by atoms with van der Waals surface area (Å²) >= 11 is 0. The van der Waals surface area contributed by atoms with Gasteiger partial charge in [-0.3, -0.25) is 0 Å². The van der Waals surface area contributed by atoms with Crippen LogP contribution in [0.5, 0.6) is 0 Å². The lowest BCUT2D eigenvalue weighted by atomic mass is 9.70. The van der Waals surface area contributed by atoms with Crippen LogP contribution in [0.15, 0.2) is 0 Å². The Morgan fingerprint density at radius 1 is 0.778 bits per heavy atom. The molecule has 0 bridgehead atoms. The van der Waals surface area contributed by atoms with Crippen LogP contribution < -0.4 is 0 Å². The van der Waals surface area contributed by atoms with E-state index >= 15 is 0 Å². The molecule has 0 aromatic heterocycles. The average Bonchev–Trinajstić information content (AvgIpc) is 2.35. The summed E-state index contributed by atoms with van der Waals surface area (Å²) < 4.78 is 11.6. The van der Waals surface area contributed by atoms with Crippen LogP contribution in [0.3, 0.4) is 0 Å². The van der Waals surface area contributed by atoms with Crippen molar-refractivity contribution < 1.29 is 9.47 Å². The fraction of sp³-hybridized carbons (Fsp3) is 1.00. The van der Waals surface area contributed by atoms with Crippen molar-refractivity contribution in [2.24, 2.45) is 23.7 Å². The largest absolute Gasteiger partial charge is 0.381 e. The predicted octanol–water partition coefficient (Wildman–Crippen LogP) is 4.14. The number of rotatable bonds is 8. The molecule has 108 valence electrons. The van der Waals surface area contributed by atoms with Crippen LogP contribution in [0, 0.1) is 23.7 Å². The zero-order chi connectivity index (χ0) is 13.4. The molecule has 4 unspecified atom stereocenters. The first kappa shape index (κ1) is 16.0. The molecule has 2 heteroatoms. The zero-order valence-corrected chi connectivity index (χ0v) is 12.8. The van der Waals surface area contributed by atoms with Crippen LogP contribution in [0.4, 0.5) is 0 Å². The minimum absolute atomic E-state index is 0.708. The summed E-state index contributed by atoms with van der Waals surface area (Å²) in [6.45, 7) is 12.8. The molecule has 0 aromatic carbocycles. The maximum Gasteiger partial charge on any atom is 0.0497 e. The maximum atomic E-state index is 5.79. The lowest BCUT2D eigenvalue weighted by molar-refractivity contribution is -0.00973. The molecular formula is C16H32O2. The Hall–Kier alpha value is -0.0800. The molecule has 0 spiro atoms. The van der Waals surface area contributed by atoms with Gasteiger partial charge in [0.1, 0.15) is 0 Å². The van der Waals surface area contributed by atoms with Gasteiger partial charge in [0.05, 0.1) is 0 Å². The average molecular weight is 256 g/mol. The van der Waals surface area contributed by atoms with Gasteiger partial charge in [-0.05, 0) is 49.4 Å². The Morgan fingerprint density at radius 2 is 1.17 bits per heavy atom. The molecule has 0 N–H and O–H groups in total. The van der Waals surface area contributed by atoms with Gasteiger partial charge in [-0.2, -0.15) is 0 Å². The molecule has 2 nitrogen and oxygen atoms in total. The van der Waals surface area contributed by atoms with Gasteiger partial charge < -0.3 is 9.47 Å². The molecule has 18 heavy (non-hydrogen) atoms. The highest BCUT2D eigenvalue weighted by atomic mass is 16.5. The number of hydrogen-bond acceptors (Lipinski definition) is 2. The van der Waals surface area contributed by atoms with Crippen LogP contribution >= 0.6 is 0 Å². The Kier molecular flexibility index (Phi) is 7.92. The summed E-state index contributed by atoms with van der Waals surface area (Å²) in [6.07, 6.45) is 4.86. The first-order chi connectivity index (χ1) is 8.69. The smallest absolute Gasteiger partial charge is 0.0497 e. The molecular weight excluding hydrogens is 224 g/mol. The summed E-state index contributed by atoms with van der Waals surface area (Å²) in [5, 5.41) is 0. The molecule has 0 amide bonds. The van der Waals surface area contributed by atoms with Gasteiger partial charge in [-0.1, -0.05) is 27.7 Å². The first-order valence-corrected chi connectivity index (χ1v) is 7.84. The summed E-state index contributed by atoms with van der Waals surface area (Å²) in [5.74, 6) is 3.09. The highest BCUT2D eigenvalue weighted by Gasteiger charge is 2.32.